The van der Waals surface area contributed by atoms with Gasteiger partial charge in [0.25, 0.3) is 0 Å². The van der Waals surface area contributed by atoms with Crippen LogP contribution in [0.1, 0.15) is 36.4 Å². The molecule has 19 heavy (non-hydrogen) atoms. The number of carbonyl (C=O) groups is 2. The first-order chi connectivity index (χ1) is 9.04. The molecule has 2 N–H and O–H groups in total. The van der Waals surface area contributed by atoms with Crippen LogP contribution in [0.5, 0.6) is 0 Å². The van der Waals surface area contributed by atoms with Gasteiger partial charge in [-0.3, -0.25) is 9.59 Å². The SMILES string of the molecule is Cc1nc(CC(=O)NC2CCCC(C(=O)O)C2)cs1. The van der Waals surface area contributed by atoms with Crippen molar-refractivity contribution in [2.75, 3.05) is 0 Å². The molecule has 1 heterocycles. The monoisotopic (exact) mass is 282 g/mol. The number of nitrogens with one attached hydrogen (secondary N) is 1. The van der Waals surface area contributed by atoms with Gasteiger partial charge >= 0.3 is 5.97 Å². The summed E-state index contributed by atoms with van der Waals surface area (Å²) in [5.41, 5.74) is 0.783. The van der Waals surface area contributed by atoms with Gasteiger partial charge in [-0.15, -0.1) is 11.3 Å². The van der Waals surface area contributed by atoms with Crippen molar-refractivity contribution in [3.8, 4) is 0 Å². The Balaban J connectivity index is 1.83. The molecular weight excluding hydrogens is 264 g/mol. The van der Waals surface area contributed by atoms with E-state index in [4.69, 9.17) is 5.11 Å². The van der Waals surface area contributed by atoms with Gasteiger partial charge in [-0.1, -0.05) is 6.42 Å². The standard InChI is InChI=1S/C13H18N2O3S/c1-8-14-11(7-19-8)6-12(16)15-10-4-2-3-9(5-10)13(17)18/h7,9-10H,2-6H2,1H3,(H,15,16)(H,17,18). The molecule has 104 valence electrons. The Kier molecular flexibility index (Phi) is 4.52. The third kappa shape index (κ3) is 4.02. The summed E-state index contributed by atoms with van der Waals surface area (Å²) in [6.07, 6.45) is 3.26. The van der Waals surface area contributed by atoms with E-state index in [9.17, 15) is 9.59 Å². The summed E-state index contributed by atoms with van der Waals surface area (Å²) in [6.45, 7) is 1.91. The second-order valence-corrected chi connectivity index (χ2v) is 6.06. The third-order valence-corrected chi connectivity index (χ3v) is 4.22. The molecule has 0 saturated heterocycles. The summed E-state index contributed by atoms with van der Waals surface area (Å²) in [7, 11) is 0. The first-order valence-electron chi connectivity index (χ1n) is 6.48. The second-order valence-electron chi connectivity index (χ2n) is 5.00. The van der Waals surface area contributed by atoms with Crippen molar-refractivity contribution in [3.63, 3.8) is 0 Å². The van der Waals surface area contributed by atoms with Crippen LogP contribution in [0.2, 0.25) is 0 Å². The van der Waals surface area contributed by atoms with Gasteiger partial charge in [-0.05, 0) is 26.2 Å². The molecule has 0 aliphatic heterocycles. The molecule has 2 rings (SSSR count). The van der Waals surface area contributed by atoms with Gasteiger partial charge in [0.15, 0.2) is 0 Å². The summed E-state index contributed by atoms with van der Waals surface area (Å²) in [5, 5.41) is 14.8. The van der Waals surface area contributed by atoms with Gasteiger partial charge in [0, 0.05) is 11.4 Å². The fraction of sp³-hybridized carbons (Fsp3) is 0.615. The number of carbonyl (C=O) groups excluding carboxylic acids is 1. The molecule has 1 aliphatic carbocycles. The predicted octanol–water partition coefficient (Wildman–Crippen LogP) is 1.75. The minimum absolute atomic E-state index is 0.0120. The molecule has 6 heteroatoms. The largest absolute Gasteiger partial charge is 0.481 e. The van der Waals surface area contributed by atoms with Crippen molar-refractivity contribution in [1.82, 2.24) is 10.3 Å². The maximum absolute atomic E-state index is 11.9. The van der Waals surface area contributed by atoms with Crippen LogP contribution in [0.25, 0.3) is 0 Å². The first kappa shape index (κ1) is 14.0. The highest BCUT2D eigenvalue weighted by atomic mass is 32.1. The Labute approximate surface area is 116 Å². The maximum atomic E-state index is 11.9. The average molecular weight is 282 g/mol. The van der Waals surface area contributed by atoms with E-state index in [-0.39, 0.29) is 24.3 Å². The number of thiazole rings is 1. The highest BCUT2D eigenvalue weighted by molar-refractivity contribution is 7.09. The van der Waals surface area contributed by atoms with Gasteiger partial charge in [-0.2, -0.15) is 0 Å². The number of carboxylic acid groups (broad SMARTS) is 1. The number of aryl methyl sites for hydroxylation is 1. The van der Waals surface area contributed by atoms with Crippen LogP contribution in [0.3, 0.4) is 0 Å². The van der Waals surface area contributed by atoms with E-state index in [1.54, 1.807) is 0 Å². The van der Waals surface area contributed by atoms with Crippen LogP contribution in [-0.4, -0.2) is 28.0 Å². The quantitative estimate of drug-likeness (QED) is 0.882. The van der Waals surface area contributed by atoms with E-state index < -0.39 is 5.97 Å². The molecule has 0 spiro atoms. The molecule has 0 radical (unpaired) electrons. The molecular formula is C13H18N2O3S. The summed E-state index contributed by atoms with van der Waals surface area (Å²) >= 11 is 1.53. The van der Waals surface area contributed by atoms with Crippen LogP contribution in [0.4, 0.5) is 0 Å². The number of nitrogens with zero attached hydrogens (tertiary/aromatic N) is 1. The number of aromatic nitrogens is 1. The topological polar surface area (TPSA) is 79.3 Å². The van der Waals surface area contributed by atoms with Gasteiger partial charge in [0.05, 0.1) is 23.0 Å². The molecule has 1 aliphatic rings. The molecule has 5 nitrogen and oxygen atoms in total. The second kappa shape index (κ2) is 6.14. The Morgan fingerprint density at radius 3 is 2.95 bits per heavy atom. The fourth-order valence-electron chi connectivity index (χ4n) is 2.48. The van der Waals surface area contributed by atoms with Crippen molar-refractivity contribution >= 4 is 23.2 Å². The van der Waals surface area contributed by atoms with Crippen molar-refractivity contribution < 1.29 is 14.7 Å². The van der Waals surface area contributed by atoms with Gasteiger partial charge < -0.3 is 10.4 Å². The predicted molar refractivity (Wildman–Crippen MR) is 72.1 cm³/mol. The maximum Gasteiger partial charge on any atom is 0.306 e. The molecule has 0 aromatic carbocycles. The Hall–Kier alpha value is -1.43. The molecule has 1 amide bonds. The van der Waals surface area contributed by atoms with E-state index in [0.29, 0.717) is 12.8 Å². The van der Waals surface area contributed by atoms with Crippen molar-refractivity contribution in [1.29, 1.82) is 0 Å². The average Bonchev–Trinajstić information content (AvgIpc) is 2.74. The Bertz CT molecular complexity index is 472. The summed E-state index contributed by atoms with van der Waals surface area (Å²) < 4.78 is 0. The van der Waals surface area contributed by atoms with E-state index in [0.717, 1.165) is 23.5 Å². The van der Waals surface area contributed by atoms with E-state index in [1.807, 2.05) is 12.3 Å². The smallest absolute Gasteiger partial charge is 0.306 e. The third-order valence-electron chi connectivity index (χ3n) is 3.40. The Morgan fingerprint density at radius 1 is 1.53 bits per heavy atom. The number of carboxylic acids is 1. The van der Waals surface area contributed by atoms with E-state index in [1.165, 1.54) is 11.3 Å². The Morgan fingerprint density at radius 2 is 2.32 bits per heavy atom. The molecule has 2 atom stereocenters. The van der Waals surface area contributed by atoms with Crippen molar-refractivity contribution in [3.05, 3.63) is 16.1 Å². The van der Waals surface area contributed by atoms with Crippen LogP contribution in [0, 0.1) is 12.8 Å². The van der Waals surface area contributed by atoms with Crippen LogP contribution in [-0.2, 0) is 16.0 Å². The number of rotatable bonds is 4. The fourth-order valence-corrected chi connectivity index (χ4v) is 3.09. The molecule has 1 aromatic rings. The lowest BCUT2D eigenvalue weighted by atomic mass is 9.86. The van der Waals surface area contributed by atoms with E-state index >= 15 is 0 Å². The van der Waals surface area contributed by atoms with Gasteiger partial charge in [0.1, 0.15) is 0 Å². The summed E-state index contributed by atoms with van der Waals surface area (Å²) in [6, 6.07) is -0.0120. The lowest BCUT2D eigenvalue weighted by molar-refractivity contribution is -0.143. The normalized spacial score (nSPS) is 23.0. The number of hydrogen-bond acceptors (Lipinski definition) is 4. The van der Waals surface area contributed by atoms with Crippen LogP contribution < -0.4 is 5.32 Å². The zero-order valence-electron chi connectivity index (χ0n) is 10.9. The number of aliphatic carboxylic acids is 1. The molecule has 1 saturated carbocycles. The van der Waals surface area contributed by atoms with Gasteiger partial charge in [-0.25, -0.2) is 4.98 Å². The molecule has 1 aromatic heterocycles. The lowest BCUT2D eigenvalue weighted by Gasteiger charge is -2.27. The van der Waals surface area contributed by atoms with Gasteiger partial charge in [0.2, 0.25) is 5.91 Å². The molecule has 1 fully saturated rings. The molecule has 2 unspecified atom stereocenters. The van der Waals surface area contributed by atoms with Crippen molar-refractivity contribution in [2.24, 2.45) is 5.92 Å². The van der Waals surface area contributed by atoms with Crippen molar-refractivity contribution in [2.45, 2.75) is 45.1 Å². The lowest BCUT2D eigenvalue weighted by Crippen LogP contribution is -2.40. The van der Waals surface area contributed by atoms with E-state index in [2.05, 4.69) is 10.3 Å². The minimum Gasteiger partial charge on any atom is -0.481 e. The number of hydrogen-bond donors (Lipinski definition) is 2. The zero-order valence-corrected chi connectivity index (χ0v) is 11.7. The van der Waals surface area contributed by atoms with Crippen LogP contribution >= 0.6 is 11.3 Å². The highest BCUT2D eigenvalue weighted by Crippen LogP contribution is 2.24. The van der Waals surface area contributed by atoms with Crippen LogP contribution in [0.15, 0.2) is 5.38 Å². The zero-order chi connectivity index (χ0) is 13.8. The number of amides is 1. The highest BCUT2D eigenvalue weighted by Gasteiger charge is 2.27. The molecule has 0 bridgehead atoms. The minimum atomic E-state index is -0.755. The summed E-state index contributed by atoms with van der Waals surface area (Å²) in [4.78, 5) is 27.1. The first-order valence-corrected chi connectivity index (χ1v) is 7.35. The summed E-state index contributed by atoms with van der Waals surface area (Å²) in [5.74, 6) is -1.14.